The van der Waals surface area contributed by atoms with Crippen LogP contribution < -0.4 is 9.16 Å². The van der Waals surface area contributed by atoms with Crippen LogP contribution in [0.1, 0.15) is 41.5 Å². The van der Waals surface area contributed by atoms with Crippen LogP contribution >= 0.6 is 15.9 Å². The van der Waals surface area contributed by atoms with Gasteiger partial charge in [-0.1, -0.05) is 41.5 Å². The first-order valence-electron chi connectivity index (χ1n) is 7.38. The van der Waals surface area contributed by atoms with Gasteiger partial charge in [-0.2, -0.15) is 0 Å². The Labute approximate surface area is 137 Å². The van der Waals surface area contributed by atoms with E-state index in [9.17, 15) is 4.39 Å². The van der Waals surface area contributed by atoms with E-state index in [1.54, 1.807) is 6.07 Å². The third kappa shape index (κ3) is 3.62. The van der Waals surface area contributed by atoms with Crippen LogP contribution in [0, 0.1) is 5.82 Å². The summed E-state index contributed by atoms with van der Waals surface area (Å²) in [6.45, 7) is 13.3. The highest BCUT2D eigenvalue weighted by atomic mass is 79.9. The molecular weight excluding hydrogens is 351 g/mol. The predicted molar refractivity (Wildman–Crippen MR) is 92.3 cm³/mol. The summed E-state index contributed by atoms with van der Waals surface area (Å²) in [6, 6.07) is 3.06. The highest BCUT2D eigenvalue weighted by Crippen LogP contribution is 2.45. The van der Waals surface area contributed by atoms with Crippen LogP contribution in [0.5, 0.6) is 11.5 Å². The number of benzene rings is 1. The molecule has 0 spiro atoms. The molecule has 0 atom stereocenters. The lowest BCUT2D eigenvalue weighted by molar-refractivity contribution is 0.381. The maximum atomic E-state index is 13.7. The number of halogens is 2. The van der Waals surface area contributed by atoms with Crippen molar-refractivity contribution < 1.29 is 13.6 Å². The molecule has 0 N–H and O–H groups in total. The third-order valence-electron chi connectivity index (χ3n) is 4.20. The standard InChI is InChI=1S/C16H26BrFO2Si/c1-10(2)21(11(3)4,12(5)6)20-15-9-16(19-7)14(18)8-13(15)17/h8-12H,1-7H3. The monoisotopic (exact) mass is 376 g/mol. The van der Waals surface area contributed by atoms with Crippen LogP contribution in [0.3, 0.4) is 0 Å². The van der Waals surface area contributed by atoms with Crippen LogP contribution in [0.2, 0.25) is 16.6 Å². The van der Waals surface area contributed by atoms with E-state index in [2.05, 4.69) is 57.5 Å². The Balaban J connectivity index is 3.33. The van der Waals surface area contributed by atoms with Crippen molar-refractivity contribution in [1.29, 1.82) is 0 Å². The quantitative estimate of drug-likeness (QED) is 0.554. The minimum absolute atomic E-state index is 0.215. The number of methoxy groups -OCH3 is 1. The third-order valence-corrected chi connectivity index (χ3v) is 10.8. The molecule has 1 aromatic carbocycles. The summed E-state index contributed by atoms with van der Waals surface area (Å²) in [5.41, 5.74) is 1.38. The molecule has 0 fully saturated rings. The van der Waals surface area contributed by atoms with E-state index in [1.165, 1.54) is 13.2 Å². The van der Waals surface area contributed by atoms with E-state index in [0.29, 0.717) is 26.8 Å². The maximum Gasteiger partial charge on any atom is 0.258 e. The first kappa shape index (κ1) is 18.5. The summed E-state index contributed by atoms with van der Waals surface area (Å²) in [4.78, 5) is 0. The van der Waals surface area contributed by atoms with E-state index in [1.807, 2.05) is 0 Å². The van der Waals surface area contributed by atoms with Gasteiger partial charge in [0.05, 0.1) is 11.6 Å². The molecule has 0 amide bonds. The van der Waals surface area contributed by atoms with Crippen molar-refractivity contribution in [3.05, 3.63) is 22.4 Å². The molecule has 0 aliphatic carbocycles. The molecule has 120 valence electrons. The molecule has 0 aliphatic rings. The second kappa shape index (κ2) is 7.14. The van der Waals surface area contributed by atoms with Crippen molar-refractivity contribution >= 4 is 24.2 Å². The van der Waals surface area contributed by atoms with Gasteiger partial charge in [-0.3, -0.25) is 0 Å². The molecule has 0 radical (unpaired) electrons. The van der Waals surface area contributed by atoms with Crippen molar-refractivity contribution in [3.8, 4) is 11.5 Å². The average Bonchev–Trinajstić information content (AvgIpc) is 2.36. The molecular formula is C16H26BrFO2Si. The average molecular weight is 377 g/mol. The van der Waals surface area contributed by atoms with Gasteiger partial charge in [-0.05, 0) is 38.6 Å². The molecule has 0 saturated heterocycles. The normalized spacial score (nSPS) is 12.4. The molecule has 0 aromatic heterocycles. The fourth-order valence-corrected chi connectivity index (χ4v) is 9.09. The van der Waals surface area contributed by atoms with Gasteiger partial charge in [0.2, 0.25) is 0 Å². The molecule has 1 aromatic rings. The van der Waals surface area contributed by atoms with Gasteiger partial charge in [0.25, 0.3) is 8.32 Å². The number of rotatable bonds is 6. The molecule has 0 unspecified atom stereocenters. The minimum atomic E-state index is -2.06. The van der Waals surface area contributed by atoms with Gasteiger partial charge in [0.15, 0.2) is 11.6 Å². The van der Waals surface area contributed by atoms with Crippen molar-refractivity contribution in [2.45, 2.75) is 58.2 Å². The summed E-state index contributed by atoms with van der Waals surface area (Å²) in [5, 5.41) is 0. The molecule has 2 nitrogen and oxygen atoms in total. The summed E-state index contributed by atoms with van der Waals surface area (Å²) in [5.74, 6) is 0.506. The lowest BCUT2D eigenvalue weighted by Crippen LogP contribution is -2.50. The van der Waals surface area contributed by atoms with Crippen molar-refractivity contribution in [2.75, 3.05) is 7.11 Å². The number of ether oxygens (including phenoxy) is 1. The van der Waals surface area contributed by atoms with Crippen LogP contribution in [-0.2, 0) is 0 Å². The molecule has 5 heteroatoms. The Morgan fingerprint density at radius 3 is 1.81 bits per heavy atom. The highest BCUT2D eigenvalue weighted by molar-refractivity contribution is 9.10. The molecule has 21 heavy (non-hydrogen) atoms. The molecule has 1 rings (SSSR count). The predicted octanol–water partition coefficient (Wildman–Crippen LogP) is 6.15. The maximum absolute atomic E-state index is 13.7. The Hall–Kier alpha value is -0.553. The second-order valence-electron chi connectivity index (χ2n) is 6.34. The van der Waals surface area contributed by atoms with E-state index in [4.69, 9.17) is 9.16 Å². The van der Waals surface area contributed by atoms with E-state index in [0.717, 1.165) is 0 Å². The van der Waals surface area contributed by atoms with E-state index >= 15 is 0 Å². The van der Waals surface area contributed by atoms with Gasteiger partial charge < -0.3 is 9.16 Å². The Bertz CT molecular complexity index is 468. The highest BCUT2D eigenvalue weighted by Gasteiger charge is 2.47. The van der Waals surface area contributed by atoms with E-state index < -0.39 is 8.32 Å². The smallest absolute Gasteiger partial charge is 0.258 e. The van der Waals surface area contributed by atoms with E-state index in [-0.39, 0.29) is 11.6 Å². The van der Waals surface area contributed by atoms with Gasteiger partial charge in [0.1, 0.15) is 5.75 Å². The van der Waals surface area contributed by atoms with Gasteiger partial charge in [-0.15, -0.1) is 0 Å². The topological polar surface area (TPSA) is 18.5 Å². The Morgan fingerprint density at radius 2 is 1.43 bits per heavy atom. The van der Waals surface area contributed by atoms with Crippen molar-refractivity contribution in [2.24, 2.45) is 0 Å². The Kier molecular flexibility index (Phi) is 6.29. The first-order chi connectivity index (χ1) is 9.66. The first-order valence-corrected chi connectivity index (χ1v) is 10.3. The summed E-state index contributed by atoms with van der Waals surface area (Å²) in [7, 11) is -0.594. The lowest BCUT2D eigenvalue weighted by atomic mass is 10.3. The fourth-order valence-electron chi connectivity index (χ4n) is 3.29. The lowest BCUT2D eigenvalue weighted by Gasteiger charge is -2.42. The zero-order valence-electron chi connectivity index (χ0n) is 14.0. The molecule has 0 heterocycles. The zero-order valence-corrected chi connectivity index (χ0v) is 16.5. The largest absolute Gasteiger partial charge is 0.542 e. The van der Waals surface area contributed by atoms with Gasteiger partial charge in [-0.25, -0.2) is 4.39 Å². The van der Waals surface area contributed by atoms with Crippen LogP contribution in [-0.4, -0.2) is 15.4 Å². The fraction of sp³-hybridized carbons (Fsp3) is 0.625. The van der Waals surface area contributed by atoms with Gasteiger partial charge in [0, 0.05) is 6.07 Å². The number of hydrogen-bond donors (Lipinski definition) is 0. The second-order valence-corrected chi connectivity index (χ2v) is 12.6. The summed E-state index contributed by atoms with van der Waals surface area (Å²) >= 11 is 3.41. The van der Waals surface area contributed by atoms with Crippen LogP contribution in [0.15, 0.2) is 16.6 Å². The molecule has 0 bridgehead atoms. The Morgan fingerprint density at radius 1 is 0.952 bits per heavy atom. The number of hydrogen-bond acceptors (Lipinski definition) is 2. The molecule has 0 saturated carbocycles. The van der Waals surface area contributed by atoms with Gasteiger partial charge >= 0.3 is 0 Å². The summed E-state index contributed by atoms with van der Waals surface area (Å²) < 4.78 is 26.0. The van der Waals surface area contributed by atoms with Crippen molar-refractivity contribution in [3.63, 3.8) is 0 Å². The van der Waals surface area contributed by atoms with Crippen molar-refractivity contribution in [1.82, 2.24) is 0 Å². The minimum Gasteiger partial charge on any atom is -0.542 e. The summed E-state index contributed by atoms with van der Waals surface area (Å²) in [6.07, 6.45) is 0. The SMILES string of the molecule is COc1cc(O[Si](C(C)C)(C(C)C)C(C)C)c(Br)cc1F. The zero-order chi connectivity index (χ0) is 16.4. The van der Waals surface area contributed by atoms with Crippen LogP contribution in [0.25, 0.3) is 0 Å². The molecule has 0 aliphatic heterocycles. The van der Waals surface area contributed by atoms with Crippen LogP contribution in [0.4, 0.5) is 4.39 Å².